The van der Waals surface area contributed by atoms with Gasteiger partial charge in [0.15, 0.2) is 11.2 Å². The molecule has 0 spiro atoms. The molecular weight excluding hydrogens is 268 g/mol. The van der Waals surface area contributed by atoms with Crippen LogP contribution in [0.2, 0.25) is 0 Å². The highest BCUT2D eigenvalue weighted by molar-refractivity contribution is 5.87. The second kappa shape index (κ2) is 5.29. The van der Waals surface area contributed by atoms with Gasteiger partial charge in [0.25, 0.3) is 5.56 Å². The number of rotatable bonds is 5. The Morgan fingerprint density at radius 1 is 1.40 bits per heavy atom. The molecule has 0 aliphatic rings. The van der Waals surface area contributed by atoms with Crippen LogP contribution < -0.4 is 11.2 Å². The standard InChI is InChI=1S/C11H14N4O5/c1-3-14-9(16)6-8(13-7(12-6)10(17)18)15(11(14)19)4-5-20-2/h3-5H2,1-2H3,(H,12,13)(H,17,18). The number of fused-ring (bicyclic) bond motifs is 1. The van der Waals surface area contributed by atoms with Crippen molar-refractivity contribution in [3.05, 3.63) is 26.7 Å². The van der Waals surface area contributed by atoms with E-state index in [0.29, 0.717) is 0 Å². The number of hydrogen-bond donors (Lipinski definition) is 2. The van der Waals surface area contributed by atoms with E-state index in [-0.39, 0.29) is 36.7 Å². The Kier molecular flexibility index (Phi) is 3.70. The van der Waals surface area contributed by atoms with Gasteiger partial charge in [-0.05, 0) is 6.92 Å². The number of carboxylic acids is 1. The molecule has 0 saturated carbocycles. The first-order valence-corrected chi connectivity index (χ1v) is 5.96. The number of imidazole rings is 1. The second-order valence-electron chi connectivity index (χ2n) is 4.07. The van der Waals surface area contributed by atoms with Crippen LogP contribution in [-0.2, 0) is 17.8 Å². The molecule has 2 rings (SSSR count). The highest BCUT2D eigenvalue weighted by Gasteiger charge is 2.18. The predicted molar refractivity (Wildman–Crippen MR) is 69.1 cm³/mol. The van der Waals surface area contributed by atoms with Crippen molar-refractivity contribution in [3.8, 4) is 0 Å². The summed E-state index contributed by atoms with van der Waals surface area (Å²) in [5.41, 5.74) is -1.09. The molecule has 2 N–H and O–H groups in total. The van der Waals surface area contributed by atoms with E-state index in [2.05, 4.69) is 9.97 Å². The third-order valence-electron chi connectivity index (χ3n) is 2.90. The van der Waals surface area contributed by atoms with Crippen molar-refractivity contribution < 1.29 is 14.6 Å². The van der Waals surface area contributed by atoms with Gasteiger partial charge in [0, 0.05) is 13.7 Å². The zero-order valence-electron chi connectivity index (χ0n) is 11.0. The van der Waals surface area contributed by atoms with Gasteiger partial charge in [-0.3, -0.25) is 13.9 Å². The van der Waals surface area contributed by atoms with Gasteiger partial charge in [-0.15, -0.1) is 0 Å². The maximum absolute atomic E-state index is 12.2. The summed E-state index contributed by atoms with van der Waals surface area (Å²) in [6, 6.07) is 0. The maximum atomic E-state index is 12.2. The van der Waals surface area contributed by atoms with Crippen molar-refractivity contribution in [1.82, 2.24) is 19.1 Å². The summed E-state index contributed by atoms with van der Waals surface area (Å²) in [5.74, 6) is -1.68. The molecule has 0 unspecified atom stereocenters. The Labute approximate surface area is 112 Å². The van der Waals surface area contributed by atoms with Crippen LogP contribution in [0.25, 0.3) is 11.2 Å². The van der Waals surface area contributed by atoms with E-state index in [1.165, 1.54) is 11.7 Å². The molecule has 2 heterocycles. The van der Waals surface area contributed by atoms with Gasteiger partial charge in [-0.2, -0.15) is 0 Å². The Bertz CT molecular complexity index is 769. The molecule has 20 heavy (non-hydrogen) atoms. The fraction of sp³-hybridized carbons (Fsp3) is 0.455. The average molecular weight is 282 g/mol. The summed E-state index contributed by atoms with van der Waals surface area (Å²) in [7, 11) is 1.48. The van der Waals surface area contributed by atoms with Gasteiger partial charge < -0.3 is 14.8 Å². The number of H-pyrrole nitrogens is 1. The van der Waals surface area contributed by atoms with Crippen LogP contribution in [0.3, 0.4) is 0 Å². The zero-order chi connectivity index (χ0) is 14.9. The SMILES string of the molecule is CCn1c(=O)c2[nH]c(C(=O)O)nc2n(CCOC)c1=O. The van der Waals surface area contributed by atoms with E-state index in [4.69, 9.17) is 9.84 Å². The van der Waals surface area contributed by atoms with E-state index in [1.807, 2.05) is 0 Å². The van der Waals surface area contributed by atoms with Crippen LogP contribution in [0.4, 0.5) is 0 Å². The topological polar surface area (TPSA) is 119 Å². The number of aromatic nitrogens is 4. The predicted octanol–water partition coefficient (Wildman–Crippen LogP) is -0.749. The van der Waals surface area contributed by atoms with Crippen LogP contribution in [0, 0.1) is 0 Å². The van der Waals surface area contributed by atoms with E-state index >= 15 is 0 Å². The number of hydrogen-bond acceptors (Lipinski definition) is 5. The molecule has 2 aromatic heterocycles. The lowest BCUT2D eigenvalue weighted by atomic mass is 10.5. The summed E-state index contributed by atoms with van der Waals surface area (Å²) in [4.78, 5) is 41.5. The number of aromatic carboxylic acids is 1. The van der Waals surface area contributed by atoms with E-state index in [0.717, 1.165) is 4.57 Å². The van der Waals surface area contributed by atoms with Gasteiger partial charge in [-0.25, -0.2) is 14.6 Å². The lowest BCUT2D eigenvalue weighted by Crippen LogP contribution is -2.40. The quantitative estimate of drug-likeness (QED) is 0.744. The Hall–Kier alpha value is -2.42. The molecule has 0 fully saturated rings. The lowest BCUT2D eigenvalue weighted by molar-refractivity contribution is 0.0685. The Morgan fingerprint density at radius 2 is 2.10 bits per heavy atom. The molecule has 0 aliphatic carbocycles. The molecule has 108 valence electrons. The number of nitrogens with one attached hydrogen (secondary N) is 1. The number of carbonyl (C=O) groups is 1. The highest BCUT2D eigenvalue weighted by atomic mass is 16.5. The minimum absolute atomic E-state index is 0.0000435. The van der Waals surface area contributed by atoms with E-state index in [1.54, 1.807) is 6.92 Å². The summed E-state index contributed by atoms with van der Waals surface area (Å²) < 4.78 is 7.15. The van der Waals surface area contributed by atoms with Gasteiger partial charge in [0.05, 0.1) is 13.2 Å². The number of aromatic amines is 1. The molecule has 0 aromatic carbocycles. The van der Waals surface area contributed by atoms with Crippen LogP contribution in [0.15, 0.2) is 9.59 Å². The van der Waals surface area contributed by atoms with Crippen molar-refractivity contribution in [2.75, 3.05) is 13.7 Å². The summed E-state index contributed by atoms with van der Waals surface area (Å²) >= 11 is 0. The van der Waals surface area contributed by atoms with Crippen molar-refractivity contribution in [2.45, 2.75) is 20.0 Å². The fourth-order valence-corrected chi connectivity index (χ4v) is 1.93. The summed E-state index contributed by atoms with van der Waals surface area (Å²) in [6.45, 7) is 2.26. The first kappa shape index (κ1) is 14.0. The third kappa shape index (κ3) is 2.11. The van der Waals surface area contributed by atoms with Crippen molar-refractivity contribution in [3.63, 3.8) is 0 Å². The number of nitrogens with zero attached hydrogens (tertiary/aromatic N) is 3. The lowest BCUT2D eigenvalue weighted by Gasteiger charge is -2.09. The maximum Gasteiger partial charge on any atom is 0.371 e. The van der Waals surface area contributed by atoms with Gasteiger partial charge in [-0.1, -0.05) is 0 Å². The van der Waals surface area contributed by atoms with Crippen molar-refractivity contribution in [2.24, 2.45) is 0 Å². The minimum Gasteiger partial charge on any atom is -0.475 e. The molecule has 0 atom stereocenters. The monoisotopic (exact) mass is 282 g/mol. The van der Waals surface area contributed by atoms with Crippen LogP contribution in [-0.4, -0.2) is 43.9 Å². The highest BCUT2D eigenvalue weighted by Crippen LogP contribution is 2.05. The Morgan fingerprint density at radius 3 is 2.65 bits per heavy atom. The number of carboxylic acid groups (broad SMARTS) is 1. The summed E-state index contributed by atoms with van der Waals surface area (Å²) in [6.07, 6.45) is 0. The molecular formula is C11H14N4O5. The zero-order valence-corrected chi connectivity index (χ0v) is 11.0. The molecule has 0 saturated heterocycles. The first-order chi connectivity index (χ1) is 9.51. The minimum atomic E-state index is -1.30. The van der Waals surface area contributed by atoms with Gasteiger partial charge >= 0.3 is 11.7 Å². The molecule has 0 radical (unpaired) electrons. The van der Waals surface area contributed by atoms with Crippen LogP contribution >= 0.6 is 0 Å². The largest absolute Gasteiger partial charge is 0.475 e. The first-order valence-electron chi connectivity index (χ1n) is 5.96. The Balaban J connectivity index is 2.83. The summed E-state index contributed by atoms with van der Waals surface area (Å²) in [5, 5.41) is 8.92. The van der Waals surface area contributed by atoms with Gasteiger partial charge in [0.2, 0.25) is 5.82 Å². The number of ether oxygens (including phenoxy) is 1. The second-order valence-corrected chi connectivity index (χ2v) is 4.07. The third-order valence-corrected chi connectivity index (χ3v) is 2.90. The van der Waals surface area contributed by atoms with Crippen molar-refractivity contribution in [1.29, 1.82) is 0 Å². The normalized spacial score (nSPS) is 11.1. The van der Waals surface area contributed by atoms with E-state index < -0.39 is 17.2 Å². The molecule has 0 amide bonds. The van der Waals surface area contributed by atoms with Gasteiger partial charge in [0.1, 0.15) is 0 Å². The van der Waals surface area contributed by atoms with Crippen LogP contribution in [0.5, 0.6) is 0 Å². The van der Waals surface area contributed by atoms with Crippen molar-refractivity contribution >= 4 is 17.1 Å². The molecule has 2 aromatic rings. The molecule has 0 bridgehead atoms. The molecule has 9 heteroatoms. The fourth-order valence-electron chi connectivity index (χ4n) is 1.93. The molecule has 0 aliphatic heterocycles. The number of methoxy groups -OCH3 is 1. The van der Waals surface area contributed by atoms with E-state index in [9.17, 15) is 14.4 Å². The van der Waals surface area contributed by atoms with Crippen LogP contribution in [0.1, 0.15) is 17.5 Å². The molecule has 9 nitrogen and oxygen atoms in total. The smallest absolute Gasteiger partial charge is 0.371 e. The average Bonchev–Trinajstić information content (AvgIpc) is 2.84.